The number of benzene rings is 1. The highest BCUT2D eigenvalue weighted by atomic mass is 32.1. The summed E-state index contributed by atoms with van der Waals surface area (Å²) in [4.78, 5) is 17.1. The summed E-state index contributed by atoms with van der Waals surface area (Å²) in [6.07, 6.45) is 3.31. The van der Waals surface area contributed by atoms with Crippen molar-refractivity contribution in [3.63, 3.8) is 0 Å². The molecule has 0 aliphatic carbocycles. The molecule has 0 radical (unpaired) electrons. The molecule has 1 N–H and O–H groups in total. The number of hydrogen-bond donors (Lipinski definition) is 1. The predicted molar refractivity (Wildman–Crippen MR) is 85.3 cm³/mol. The zero-order valence-electron chi connectivity index (χ0n) is 12.2. The number of nitrogens with zero attached hydrogens (tertiary/aromatic N) is 3. The molecule has 0 fully saturated rings. The zero-order valence-corrected chi connectivity index (χ0v) is 13.0. The maximum Gasteiger partial charge on any atom is 0.222 e. The Hall–Kier alpha value is -2.54. The first kappa shape index (κ1) is 15.4. The van der Waals surface area contributed by atoms with E-state index in [0.717, 1.165) is 10.4 Å². The molecule has 2 heterocycles. The van der Waals surface area contributed by atoms with Crippen molar-refractivity contribution in [3.8, 4) is 0 Å². The molecule has 7 heteroatoms. The molecule has 0 aliphatic heterocycles. The second-order valence-electron chi connectivity index (χ2n) is 4.98. The summed E-state index contributed by atoms with van der Waals surface area (Å²) < 4.78 is 14.7. The van der Waals surface area contributed by atoms with Crippen LogP contribution in [0.3, 0.4) is 0 Å². The molecule has 0 saturated heterocycles. The SMILES string of the molecule is O=C(CCn1cncn1)N[C@H](c1ccc(F)cc1)c1cccs1. The molecule has 1 atom stereocenters. The number of thiophene rings is 1. The van der Waals surface area contributed by atoms with Crippen molar-refractivity contribution in [2.45, 2.75) is 19.0 Å². The minimum absolute atomic E-state index is 0.0942. The molecule has 0 saturated carbocycles. The molecule has 0 aliphatic rings. The summed E-state index contributed by atoms with van der Waals surface area (Å²) in [6.45, 7) is 0.465. The van der Waals surface area contributed by atoms with E-state index in [1.807, 2.05) is 17.5 Å². The lowest BCUT2D eigenvalue weighted by Gasteiger charge is -2.18. The third-order valence-electron chi connectivity index (χ3n) is 3.37. The number of amides is 1. The normalized spacial score (nSPS) is 12.0. The van der Waals surface area contributed by atoms with E-state index in [1.165, 1.54) is 18.5 Å². The van der Waals surface area contributed by atoms with E-state index >= 15 is 0 Å². The van der Waals surface area contributed by atoms with E-state index in [9.17, 15) is 9.18 Å². The van der Waals surface area contributed by atoms with Gasteiger partial charge < -0.3 is 5.32 Å². The second-order valence-corrected chi connectivity index (χ2v) is 5.96. The first-order valence-electron chi connectivity index (χ1n) is 7.13. The molecule has 3 aromatic rings. The molecule has 23 heavy (non-hydrogen) atoms. The third-order valence-corrected chi connectivity index (χ3v) is 4.31. The number of halogens is 1. The van der Waals surface area contributed by atoms with Crippen LogP contribution in [0.2, 0.25) is 0 Å². The summed E-state index contributed by atoms with van der Waals surface area (Å²) >= 11 is 1.55. The van der Waals surface area contributed by atoms with Crippen LogP contribution < -0.4 is 5.32 Å². The van der Waals surface area contributed by atoms with Crippen LogP contribution in [0.5, 0.6) is 0 Å². The van der Waals surface area contributed by atoms with Crippen LogP contribution in [0, 0.1) is 5.82 Å². The Morgan fingerprint density at radius 1 is 1.30 bits per heavy atom. The van der Waals surface area contributed by atoms with Crippen molar-refractivity contribution < 1.29 is 9.18 Å². The molecule has 1 amide bonds. The number of carbonyl (C=O) groups is 1. The highest BCUT2D eigenvalue weighted by molar-refractivity contribution is 7.10. The lowest BCUT2D eigenvalue weighted by atomic mass is 10.1. The standard InChI is InChI=1S/C16H15FN4OS/c17-13-5-3-12(4-6-13)16(14-2-1-9-23-14)20-15(22)7-8-21-11-18-10-19-21/h1-6,9-11,16H,7-8H2,(H,20,22)/t16-/m1/s1. The first-order chi connectivity index (χ1) is 11.2. The van der Waals surface area contributed by atoms with Crippen LogP contribution in [-0.2, 0) is 11.3 Å². The van der Waals surface area contributed by atoms with Crippen molar-refractivity contribution in [1.82, 2.24) is 20.1 Å². The van der Waals surface area contributed by atoms with Crippen LogP contribution in [0.1, 0.15) is 22.9 Å². The minimum atomic E-state index is -0.295. The van der Waals surface area contributed by atoms with Crippen molar-refractivity contribution in [3.05, 3.63) is 70.7 Å². The Bertz CT molecular complexity index is 741. The van der Waals surface area contributed by atoms with Gasteiger partial charge in [0.25, 0.3) is 0 Å². The van der Waals surface area contributed by atoms with Crippen LogP contribution in [0.4, 0.5) is 4.39 Å². The average molecular weight is 330 g/mol. The van der Waals surface area contributed by atoms with E-state index in [1.54, 1.807) is 34.5 Å². The summed E-state index contributed by atoms with van der Waals surface area (Å²) in [7, 11) is 0. The summed E-state index contributed by atoms with van der Waals surface area (Å²) in [5, 5.41) is 8.93. The van der Waals surface area contributed by atoms with E-state index in [2.05, 4.69) is 15.4 Å². The Morgan fingerprint density at radius 3 is 2.78 bits per heavy atom. The lowest BCUT2D eigenvalue weighted by Crippen LogP contribution is -2.29. The van der Waals surface area contributed by atoms with Gasteiger partial charge in [0, 0.05) is 11.3 Å². The fraction of sp³-hybridized carbons (Fsp3) is 0.188. The maximum atomic E-state index is 13.1. The highest BCUT2D eigenvalue weighted by Crippen LogP contribution is 2.26. The quantitative estimate of drug-likeness (QED) is 0.756. The molecule has 0 bridgehead atoms. The van der Waals surface area contributed by atoms with Crippen molar-refractivity contribution in [1.29, 1.82) is 0 Å². The van der Waals surface area contributed by atoms with Gasteiger partial charge in [-0.3, -0.25) is 9.48 Å². The number of hydrogen-bond acceptors (Lipinski definition) is 4. The molecule has 2 aromatic heterocycles. The lowest BCUT2D eigenvalue weighted by molar-refractivity contribution is -0.121. The van der Waals surface area contributed by atoms with Gasteiger partial charge in [0.05, 0.1) is 12.6 Å². The predicted octanol–water partition coefficient (Wildman–Crippen LogP) is 2.77. The topological polar surface area (TPSA) is 59.8 Å². The molecule has 5 nitrogen and oxygen atoms in total. The fourth-order valence-corrected chi connectivity index (χ4v) is 3.03. The van der Waals surface area contributed by atoms with Crippen LogP contribution >= 0.6 is 11.3 Å². The third kappa shape index (κ3) is 4.01. The van der Waals surface area contributed by atoms with E-state index < -0.39 is 0 Å². The van der Waals surface area contributed by atoms with Crippen LogP contribution in [0.15, 0.2) is 54.4 Å². The maximum absolute atomic E-state index is 13.1. The highest BCUT2D eigenvalue weighted by Gasteiger charge is 2.18. The Morgan fingerprint density at radius 2 is 2.13 bits per heavy atom. The van der Waals surface area contributed by atoms with Crippen LogP contribution in [0.25, 0.3) is 0 Å². The van der Waals surface area contributed by atoms with Crippen molar-refractivity contribution in [2.24, 2.45) is 0 Å². The van der Waals surface area contributed by atoms with Gasteiger partial charge in [-0.1, -0.05) is 18.2 Å². The molecule has 118 valence electrons. The average Bonchev–Trinajstić information content (AvgIpc) is 3.25. The molecule has 0 unspecified atom stereocenters. The molecular formula is C16H15FN4OS. The van der Waals surface area contributed by atoms with E-state index in [4.69, 9.17) is 0 Å². The van der Waals surface area contributed by atoms with Gasteiger partial charge in [0.15, 0.2) is 0 Å². The smallest absolute Gasteiger partial charge is 0.222 e. The molecule has 1 aromatic carbocycles. The Balaban J connectivity index is 1.71. The largest absolute Gasteiger partial charge is 0.344 e. The second kappa shape index (κ2) is 7.15. The number of aryl methyl sites for hydroxylation is 1. The van der Waals surface area contributed by atoms with Gasteiger partial charge in [-0.15, -0.1) is 11.3 Å². The first-order valence-corrected chi connectivity index (χ1v) is 8.01. The van der Waals surface area contributed by atoms with Gasteiger partial charge in [-0.05, 0) is 29.1 Å². The van der Waals surface area contributed by atoms with Gasteiger partial charge in [-0.25, -0.2) is 9.37 Å². The van der Waals surface area contributed by atoms with Crippen molar-refractivity contribution in [2.75, 3.05) is 0 Å². The van der Waals surface area contributed by atoms with Gasteiger partial charge in [0.1, 0.15) is 18.5 Å². The summed E-state index contributed by atoms with van der Waals surface area (Å²) in [5.74, 6) is -0.389. The van der Waals surface area contributed by atoms with Crippen LogP contribution in [-0.4, -0.2) is 20.7 Å². The van der Waals surface area contributed by atoms with E-state index in [-0.39, 0.29) is 17.8 Å². The van der Waals surface area contributed by atoms with E-state index in [0.29, 0.717) is 13.0 Å². The number of nitrogens with one attached hydrogen (secondary N) is 1. The fourth-order valence-electron chi connectivity index (χ4n) is 2.23. The monoisotopic (exact) mass is 330 g/mol. The Labute approximate surface area is 136 Å². The molecule has 0 spiro atoms. The van der Waals surface area contributed by atoms with Gasteiger partial charge >= 0.3 is 0 Å². The van der Waals surface area contributed by atoms with Gasteiger partial charge in [0.2, 0.25) is 5.91 Å². The Kier molecular flexibility index (Phi) is 4.77. The molecular weight excluding hydrogens is 315 g/mol. The summed E-state index contributed by atoms with van der Waals surface area (Å²) in [5.41, 5.74) is 0.850. The number of aromatic nitrogens is 3. The zero-order chi connectivity index (χ0) is 16.1. The number of rotatable bonds is 6. The van der Waals surface area contributed by atoms with Gasteiger partial charge in [-0.2, -0.15) is 5.10 Å². The molecule has 3 rings (SSSR count). The summed E-state index contributed by atoms with van der Waals surface area (Å²) in [6, 6.07) is 9.79. The van der Waals surface area contributed by atoms with Crippen molar-refractivity contribution >= 4 is 17.2 Å². The minimum Gasteiger partial charge on any atom is -0.344 e. The number of carbonyl (C=O) groups excluding carboxylic acids is 1.